The minimum atomic E-state index is 0.653. The molecule has 1 aromatic carbocycles. The second-order valence-corrected chi connectivity index (χ2v) is 4.26. The Kier molecular flexibility index (Phi) is 2.05. The van der Waals surface area contributed by atoms with Crippen molar-refractivity contribution in [3.63, 3.8) is 0 Å². The molecule has 3 heterocycles. The summed E-state index contributed by atoms with van der Waals surface area (Å²) in [7, 11) is 0. The number of imidazole rings is 1. The van der Waals surface area contributed by atoms with Crippen molar-refractivity contribution in [2.24, 2.45) is 0 Å². The first kappa shape index (κ1) is 10.1. The van der Waals surface area contributed by atoms with Crippen LogP contribution in [0.2, 0.25) is 0 Å². The predicted molar refractivity (Wildman–Crippen MR) is 72.4 cm³/mol. The van der Waals surface area contributed by atoms with Crippen LogP contribution in [0.5, 0.6) is 0 Å². The van der Waals surface area contributed by atoms with E-state index in [2.05, 4.69) is 31.0 Å². The van der Waals surface area contributed by atoms with E-state index >= 15 is 0 Å². The molecular weight excluding hydrogens is 238 g/mol. The van der Waals surface area contributed by atoms with Crippen molar-refractivity contribution in [3.05, 3.63) is 49.1 Å². The number of pyridine rings is 1. The molecular formula is C14H9N5. The van der Waals surface area contributed by atoms with Gasteiger partial charge >= 0.3 is 0 Å². The van der Waals surface area contributed by atoms with E-state index in [1.807, 2.05) is 30.5 Å². The molecule has 4 aromatic rings. The van der Waals surface area contributed by atoms with Crippen LogP contribution in [0.1, 0.15) is 0 Å². The highest BCUT2D eigenvalue weighted by atomic mass is 15.0. The molecule has 0 saturated heterocycles. The van der Waals surface area contributed by atoms with Gasteiger partial charge in [-0.15, -0.1) is 0 Å². The summed E-state index contributed by atoms with van der Waals surface area (Å²) in [5, 5.41) is 2.25. The Morgan fingerprint density at radius 2 is 1.84 bits per heavy atom. The molecule has 0 fully saturated rings. The van der Waals surface area contributed by atoms with Gasteiger partial charge in [0.2, 0.25) is 0 Å². The lowest BCUT2D eigenvalue weighted by Crippen LogP contribution is -1.85. The standard InChI is InChI=1S/C14H9N5/c1-2-4-10-6-16-11(5-9(10)3-1)14-18-12-7-15-8-17-13(12)19-14/h1-8H,(H,15,17,18,19). The third-order valence-corrected chi connectivity index (χ3v) is 3.04. The number of aromatic amines is 1. The van der Waals surface area contributed by atoms with E-state index in [4.69, 9.17) is 0 Å². The molecule has 0 atom stereocenters. The summed E-state index contributed by atoms with van der Waals surface area (Å²) in [5.41, 5.74) is 2.27. The molecule has 5 heteroatoms. The van der Waals surface area contributed by atoms with E-state index in [9.17, 15) is 0 Å². The number of aromatic nitrogens is 5. The monoisotopic (exact) mass is 247 g/mol. The van der Waals surface area contributed by atoms with Crippen LogP contribution in [-0.2, 0) is 0 Å². The number of hydrogen-bond acceptors (Lipinski definition) is 4. The van der Waals surface area contributed by atoms with Gasteiger partial charge in [-0.1, -0.05) is 24.3 Å². The maximum absolute atomic E-state index is 4.43. The maximum atomic E-state index is 4.43. The first-order valence-electron chi connectivity index (χ1n) is 5.91. The van der Waals surface area contributed by atoms with E-state index in [1.54, 1.807) is 6.20 Å². The Bertz CT molecular complexity index is 848. The molecule has 3 aromatic heterocycles. The Hall–Kier alpha value is -2.82. The molecule has 19 heavy (non-hydrogen) atoms. The fourth-order valence-corrected chi connectivity index (χ4v) is 2.10. The summed E-state index contributed by atoms with van der Waals surface area (Å²) in [6.45, 7) is 0. The normalized spacial score (nSPS) is 11.2. The smallest absolute Gasteiger partial charge is 0.181 e. The molecule has 4 rings (SSSR count). The molecule has 1 N–H and O–H groups in total. The fourth-order valence-electron chi connectivity index (χ4n) is 2.10. The van der Waals surface area contributed by atoms with Crippen molar-refractivity contribution in [2.45, 2.75) is 0 Å². The lowest BCUT2D eigenvalue weighted by molar-refractivity contribution is 1.20. The first-order chi connectivity index (χ1) is 9.40. The molecule has 0 amide bonds. The summed E-state index contributed by atoms with van der Waals surface area (Å²) < 4.78 is 0. The summed E-state index contributed by atoms with van der Waals surface area (Å²) in [6.07, 6.45) is 5.05. The van der Waals surface area contributed by atoms with E-state index in [1.165, 1.54) is 6.33 Å². The highest BCUT2D eigenvalue weighted by Gasteiger charge is 2.07. The summed E-state index contributed by atoms with van der Waals surface area (Å²) in [4.78, 5) is 20.1. The van der Waals surface area contributed by atoms with Crippen molar-refractivity contribution in [1.29, 1.82) is 0 Å². The molecule has 0 aliphatic rings. The van der Waals surface area contributed by atoms with Crippen molar-refractivity contribution < 1.29 is 0 Å². The lowest BCUT2D eigenvalue weighted by Gasteiger charge is -1.99. The minimum absolute atomic E-state index is 0.653. The molecule has 0 radical (unpaired) electrons. The van der Waals surface area contributed by atoms with Gasteiger partial charge in [-0.2, -0.15) is 0 Å². The molecule has 90 valence electrons. The average Bonchev–Trinajstić information content (AvgIpc) is 2.90. The number of nitrogens with zero attached hydrogens (tertiary/aromatic N) is 4. The SMILES string of the molecule is c1ccc2cc(-c3nc4ncncc4[nH]3)ncc2c1. The quantitative estimate of drug-likeness (QED) is 0.561. The number of rotatable bonds is 1. The average molecular weight is 247 g/mol. The van der Waals surface area contributed by atoms with Gasteiger partial charge in [0.1, 0.15) is 17.5 Å². The van der Waals surface area contributed by atoms with Gasteiger partial charge in [-0.3, -0.25) is 4.98 Å². The number of nitrogens with one attached hydrogen (secondary N) is 1. The zero-order valence-electron chi connectivity index (χ0n) is 9.91. The van der Waals surface area contributed by atoms with Gasteiger partial charge in [0, 0.05) is 11.6 Å². The molecule has 0 unspecified atom stereocenters. The molecule has 0 aliphatic heterocycles. The van der Waals surface area contributed by atoms with Gasteiger partial charge in [-0.05, 0) is 11.5 Å². The summed E-state index contributed by atoms with van der Waals surface area (Å²) in [6, 6.07) is 10.1. The van der Waals surface area contributed by atoms with Crippen LogP contribution in [0.25, 0.3) is 33.5 Å². The van der Waals surface area contributed by atoms with E-state index in [-0.39, 0.29) is 0 Å². The third-order valence-electron chi connectivity index (χ3n) is 3.04. The van der Waals surface area contributed by atoms with E-state index in [0.29, 0.717) is 11.5 Å². The highest BCUT2D eigenvalue weighted by molar-refractivity contribution is 5.85. The van der Waals surface area contributed by atoms with Gasteiger partial charge in [0.05, 0.1) is 6.20 Å². The fraction of sp³-hybridized carbons (Fsp3) is 0. The van der Waals surface area contributed by atoms with E-state index < -0.39 is 0 Å². The molecule has 0 saturated carbocycles. The lowest BCUT2D eigenvalue weighted by atomic mass is 10.1. The van der Waals surface area contributed by atoms with Gasteiger partial charge in [-0.25, -0.2) is 15.0 Å². The van der Waals surface area contributed by atoms with Gasteiger partial charge in [0.15, 0.2) is 11.5 Å². The number of benzene rings is 1. The number of hydrogen-bond donors (Lipinski definition) is 1. The molecule has 5 nitrogen and oxygen atoms in total. The summed E-state index contributed by atoms with van der Waals surface area (Å²) in [5.74, 6) is 0.709. The van der Waals surface area contributed by atoms with Crippen LogP contribution in [0, 0.1) is 0 Å². The molecule has 0 spiro atoms. The van der Waals surface area contributed by atoms with Crippen molar-refractivity contribution >= 4 is 21.9 Å². The zero-order chi connectivity index (χ0) is 12.7. The van der Waals surface area contributed by atoms with Crippen LogP contribution in [0.15, 0.2) is 49.1 Å². The van der Waals surface area contributed by atoms with E-state index in [0.717, 1.165) is 22.0 Å². The van der Waals surface area contributed by atoms with Crippen molar-refractivity contribution in [1.82, 2.24) is 24.9 Å². The Labute approximate surface area is 108 Å². The second-order valence-electron chi connectivity index (χ2n) is 4.26. The van der Waals surface area contributed by atoms with Crippen LogP contribution in [0.3, 0.4) is 0 Å². The Balaban J connectivity index is 1.93. The Morgan fingerprint density at radius 1 is 0.947 bits per heavy atom. The Morgan fingerprint density at radius 3 is 2.74 bits per heavy atom. The van der Waals surface area contributed by atoms with Gasteiger partial charge < -0.3 is 4.98 Å². The predicted octanol–water partition coefficient (Wildman–Crippen LogP) is 2.57. The van der Waals surface area contributed by atoms with Crippen LogP contribution >= 0.6 is 0 Å². The zero-order valence-corrected chi connectivity index (χ0v) is 9.91. The van der Waals surface area contributed by atoms with Crippen LogP contribution < -0.4 is 0 Å². The number of fused-ring (bicyclic) bond motifs is 2. The first-order valence-corrected chi connectivity index (χ1v) is 5.91. The van der Waals surface area contributed by atoms with Crippen molar-refractivity contribution in [3.8, 4) is 11.5 Å². The third kappa shape index (κ3) is 1.63. The minimum Gasteiger partial charge on any atom is -0.334 e. The topological polar surface area (TPSA) is 67.3 Å². The van der Waals surface area contributed by atoms with Crippen molar-refractivity contribution in [2.75, 3.05) is 0 Å². The number of H-pyrrole nitrogens is 1. The second kappa shape index (κ2) is 3.84. The largest absolute Gasteiger partial charge is 0.334 e. The summed E-state index contributed by atoms with van der Waals surface area (Å²) >= 11 is 0. The van der Waals surface area contributed by atoms with Crippen LogP contribution in [-0.4, -0.2) is 24.9 Å². The molecule has 0 aliphatic carbocycles. The highest BCUT2D eigenvalue weighted by Crippen LogP contribution is 2.21. The molecule has 0 bridgehead atoms. The maximum Gasteiger partial charge on any atom is 0.181 e. The van der Waals surface area contributed by atoms with Gasteiger partial charge in [0.25, 0.3) is 0 Å². The van der Waals surface area contributed by atoms with Crippen LogP contribution in [0.4, 0.5) is 0 Å².